The van der Waals surface area contributed by atoms with Gasteiger partial charge in [0.25, 0.3) is 0 Å². The van der Waals surface area contributed by atoms with Gasteiger partial charge in [-0.2, -0.15) is 5.10 Å². The predicted octanol–water partition coefficient (Wildman–Crippen LogP) is 1.19. The van der Waals surface area contributed by atoms with Crippen molar-refractivity contribution in [2.45, 2.75) is 12.8 Å². The molecule has 1 aromatic rings. The number of hydrogen-bond donors (Lipinski definition) is 2. The molecule has 6 heteroatoms. The van der Waals surface area contributed by atoms with Crippen LogP contribution in [-0.2, 0) is 6.42 Å². The second kappa shape index (κ2) is 5.22. The number of thiocarbonyl (C=S) groups is 1. The molecule has 0 amide bonds. The fourth-order valence-corrected chi connectivity index (χ4v) is 2.07. The molecule has 0 atom stereocenters. The highest BCUT2D eigenvalue weighted by Crippen LogP contribution is 2.34. The molecule has 5 nitrogen and oxygen atoms in total. The third-order valence-corrected chi connectivity index (χ3v) is 2.94. The summed E-state index contributed by atoms with van der Waals surface area (Å²) < 4.78 is 10.6. The van der Waals surface area contributed by atoms with Crippen molar-refractivity contribution in [3.8, 4) is 11.5 Å². The summed E-state index contributed by atoms with van der Waals surface area (Å²) in [6.07, 6.45) is 1.77. The molecule has 0 aromatic heterocycles. The molecule has 0 saturated heterocycles. The van der Waals surface area contributed by atoms with E-state index in [2.05, 4.69) is 10.5 Å². The average molecular weight is 265 g/mol. The lowest BCUT2D eigenvalue weighted by Gasteiger charge is -2.10. The fourth-order valence-electron chi connectivity index (χ4n) is 2.02. The minimum atomic E-state index is 0.163. The van der Waals surface area contributed by atoms with Crippen LogP contribution in [0.4, 0.5) is 0 Å². The van der Waals surface area contributed by atoms with Gasteiger partial charge in [-0.25, -0.2) is 0 Å². The van der Waals surface area contributed by atoms with Crippen molar-refractivity contribution in [2.75, 3.05) is 14.2 Å². The van der Waals surface area contributed by atoms with Crippen molar-refractivity contribution < 1.29 is 9.47 Å². The summed E-state index contributed by atoms with van der Waals surface area (Å²) in [5.74, 6) is 1.43. The lowest BCUT2D eigenvalue weighted by Crippen LogP contribution is -2.25. The maximum atomic E-state index is 5.36. The minimum Gasteiger partial charge on any atom is -0.493 e. The summed E-state index contributed by atoms with van der Waals surface area (Å²) in [5, 5.41) is 4.36. The number of rotatable bonds is 3. The highest BCUT2D eigenvalue weighted by atomic mass is 32.1. The molecule has 0 spiro atoms. The van der Waals surface area contributed by atoms with Crippen LogP contribution >= 0.6 is 12.2 Å². The van der Waals surface area contributed by atoms with Crippen molar-refractivity contribution in [3.05, 3.63) is 23.3 Å². The number of nitrogens with zero attached hydrogens (tertiary/aromatic N) is 1. The monoisotopic (exact) mass is 265 g/mol. The topological polar surface area (TPSA) is 68.9 Å². The summed E-state index contributed by atoms with van der Waals surface area (Å²) in [6, 6.07) is 3.92. The van der Waals surface area contributed by atoms with Gasteiger partial charge in [0.15, 0.2) is 16.6 Å². The lowest BCUT2D eigenvalue weighted by molar-refractivity contribution is 0.354. The van der Waals surface area contributed by atoms with Crippen LogP contribution in [-0.4, -0.2) is 25.0 Å². The van der Waals surface area contributed by atoms with Gasteiger partial charge in [0.1, 0.15) is 0 Å². The molecular weight excluding hydrogens is 250 g/mol. The molecule has 2 rings (SSSR count). The van der Waals surface area contributed by atoms with E-state index < -0.39 is 0 Å². The van der Waals surface area contributed by atoms with Gasteiger partial charge in [0.05, 0.1) is 19.9 Å². The fraction of sp³-hybridized carbons (Fsp3) is 0.333. The van der Waals surface area contributed by atoms with Gasteiger partial charge in [-0.1, -0.05) is 0 Å². The van der Waals surface area contributed by atoms with E-state index in [-0.39, 0.29) is 5.11 Å². The Morgan fingerprint density at radius 1 is 1.28 bits per heavy atom. The number of aryl methyl sites for hydroxylation is 1. The van der Waals surface area contributed by atoms with Crippen molar-refractivity contribution in [1.29, 1.82) is 0 Å². The number of fused-ring (bicyclic) bond motifs is 1. The van der Waals surface area contributed by atoms with Gasteiger partial charge in [-0.15, -0.1) is 0 Å². The Balaban J connectivity index is 2.38. The Hall–Kier alpha value is -1.82. The van der Waals surface area contributed by atoms with Gasteiger partial charge < -0.3 is 15.2 Å². The summed E-state index contributed by atoms with van der Waals surface area (Å²) in [5.41, 5.74) is 11.2. The molecule has 0 unspecified atom stereocenters. The van der Waals surface area contributed by atoms with Gasteiger partial charge in [-0.05, 0) is 42.8 Å². The quantitative estimate of drug-likeness (QED) is 0.634. The van der Waals surface area contributed by atoms with E-state index in [1.165, 1.54) is 5.56 Å². The van der Waals surface area contributed by atoms with E-state index in [9.17, 15) is 0 Å². The van der Waals surface area contributed by atoms with E-state index in [4.69, 9.17) is 27.4 Å². The SMILES string of the molecule is COc1cc2c(cc1OC)/C(=N/NC(N)=S)CC2. The molecule has 0 bridgehead atoms. The first kappa shape index (κ1) is 12.6. The van der Waals surface area contributed by atoms with Crippen LogP contribution in [0.3, 0.4) is 0 Å². The molecule has 1 aliphatic carbocycles. The van der Waals surface area contributed by atoms with E-state index >= 15 is 0 Å². The van der Waals surface area contributed by atoms with Crippen molar-refractivity contribution in [3.63, 3.8) is 0 Å². The predicted molar refractivity (Wildman–Crippen MR) is 74.3 cm³/mol. The van der Waals surface area contributed by atoms with Crippen LogP contribution in [0.1, 0.15) is 17.5 Å². The van der Waals surface area contributed by atoms with Gasteiger partial charge >= 0.3 is 0 Å². The molecule has 1 aliphatic rings. The molecule has 0 fully saturated rings. The number of hydrogen-bond acceptors (Lipinski definition) is 4. The zero-order valence-electron chi connectivity index (χ0n) is 10.3. The van der Waals surface area contributed by atoms with Crippen LogP contribution in [0, 0.1) is 0 Å². The zero-order chi connectivity index (χ0) is 13.1. The Morgan fingerprint density at radius 2 is 1.94 bits per heavy atom. The molecule has 0 aliphatic heterocycles. The first-order chi connectivity index (χ1) is 8.65. The number of nitrogens with one attached hydrogen (secondary N) is 1. The van der Waals surface area contributed by atoms with Crippen LogP contribution in [0.2, 0.25) is 0 Å². The first-order valence-corrected chi connectivity index (χ1v) is 5.93. The Morgan fingerprint density at radius 3 is 2.56 bits per heavy atom. The second-order valence-electron chi connectivity index (χ2n) is 3.90. The summed E-state index contributed by atoms with van der Waals surface area (Å²) in [4.78, 5) is 0. The Bertz CT molecular complexity index is 514. The molecule has 96 valence electrons. The third-order valence-electron chi connectivity index (χ3n) is 2.85. The van der Waals surface area contributed by atoms with E-state index in [0.717, 1.165) is 29.9 Å². The molecular formula is C12H15N3O2S. The number of benzene rings is 1. The number of hydrazone groups is 1. The van der Waals surface area contributed by atoms with E-state index in [1.54, 1.807) is 14.2 Å². The molecule has 18 heavy (non-hydrogen) atoms. The largest absolute Gasteiger partial charge is 0.493 e. The van der Waals surface area contributed by atoms with Crippen molar-refractivity contribution >= 4 is 23.0 Å². The standard InChI is InChI=1S/C12H15N3O2S/c1-16-10-5-7-3-4-9(14-15-12(13)18)8(7)6-11(10)17-2/h5-6H,3-4H2,1-2H3,(H3,13,15,18)/b14-9+. The lowest BCUT2D eigenvalue weighted by atomic mass is 10.1. The van der Waals surface area contributed by atoms with Crippen molar-refractivity contribution in [1.82, 2.24) is 5.43 Å². The molecule has 0 saturated carbocycles. The van der Waals surface area contributed by atoms with Crippen LogP contribution in [0.25, 0.3) is 0 Å². The zero-order valence-corrected chi connectivity index (χ0v) is 11.1. The van der Waals surface area contributed by atoms with Crippen LogP contribution in [0.15, 0.2) is 17.2 Å². The van der Waals surface area contributed by atoms with Gasteiger partial charge in [-0.3, -0.25) is 5.43 Å². The molecule has 3 N–H and O–H groups in total. The van der Waals surface area contributed by atoms with Crippen molar-refractivity contribution in [2.24, 2.45) is 10.8 Å². The average Bonchev–Trinajstić information content (AvgIpc) is 2.76. The summed E-state index contributed by atoms with van der Waals surface area (Å²) in [6.45, 7) is 0. The first-order valence-electron chi connectivity index (χ1n) is 5.53. The van der Waals surface area contributed by atoms with Crippen LogP contribution < -0.4 is 20.6 Å². The highest BCUT2D eigenvalue weighted by Gasteiger charge is 2.21. The van der Waals surface area contributed by atoms with Crippen LogP contribution in [0.5, 0.6) is 11.5 Å². The van der Waals surface area contributed by atoms with E-state index in [1.807, 2.05) is 12.1 Å². The normalized spacial score (nSPS) is 15.3. The highest BCUT2D eigenvalue weighted by molar-refractivity contribution is 7.80. The smallest absolute Gasteiger partial charge is 0.184 e. The summed E-state index contributed by atoms with van der Waals surface area (Å²) in [7, 11) is 3.24. The number of nitrogens with two attached hydrogens (primary N) is 1. The van der Waals surface area contributed by atoms with E-state index in [0.29, 0.717) is 5.75 Å². The second-order valence-corrected chi connectivity index (χ2v) is 4.34. The Labute approximate surface area is 111 Å². The van der Waals surface area contributed by atoms with Gasteiger partial charge in [0.2, 0.25) is 0 Å². The maximum absolute atomic E-state index is 5.36. The maximum Gasteiger partial charge on any atom is 0.184 e. The molecule has 0 heterocycles. The Kier molecular flexibility index (Phi) is 3.66. The minimum absolute atomic E-state index is 0.163. The summed E-state index contributed by atoms with van der Waals surface area (Å²) >= 11 is 4.73. The molecule has 1 aromatic carbocycles. The number of ether oxygens (including phenoxy) is 2. The number of methoxy groups -OCH3 is 2. The molecule has 0 radical (unpaired) electrons. The third kappa shape index (κ3) is 2.38. The van der Waals surface area contributed by atoms with Gasteiger partial charge in [0, 0.05) is 5.56 Å².